The van der Waals surface area contributed by atoms with Gasteiger partial charge in [0.05, 0.1) is 0 Å². The molecular weight excluding hydrogens is 155 g/mol. The van der Waals surface area contributed by atoms with Crippen molar-refractivity contribution in [2.75, 3.05) is 0 Å². The molecule has 66 valence electrons. The highest BCUT2D eigenvalue weighted by Gasteiger charge is 2.25. The quantitative estimate of drug-likeness (QED) is 0.558. The van der Waals surface area contributed by atoms with Crippen LogP contribution in [0.3, 0.4) is 0 Å². The van der Waals surface area contributed by atoms with Crippen molar-refractivity contribution in [3.63, 3.8) is 0 Å². The molecule has 11 heavy (non-hydrogen) atoms. The molecule has 0 saturated carbocycles. The molecular formula is C9H19OP. The molecule has 0 radical (unpaired) electrons. The summed E-state index contributed by atoms with van der Waals surface area (Å²) >= 11 is 0. The number of hydrogen-bond donors (Lipinski definition) is 0. The fraction of sp³-hybridized carbons (Fsp3) is 0.889. The average molecular weight is 174 g/mol. The highest BCUT2D eigenvalue weighted by atomic mass is 31.1. The zero-order valence-electron chi connectivity index (χ0n) is 8.41. The molecule has 0 aliphatic heterocycles. The largest absolute Gasteiger partial charge is 0.294 e. The Morgan fingerprint density at radius 1 is 1.00 bits per heavy atom. The van der Waals surface area contributed by atoms with Crippen molar-refractivity contribution in [3.8, 4) is 0 Å². The van der Waals surface area contributed by atoms with Gasteiger partial charge < -0.3 is 0 Å². The van der Waals surface area contributed by atoms with Gasteiger partial charge in [-0.15, -0.1) is 0 Å². The fourth-order valence-electron chi connectivity index (χ4n) is 0.528. The maximum atomic E-state index is 11.5. The van der Waals surface area contributed by atoms with Gasteiger partial charge in [-0.25, -0.2) is 0 Å². The second kappa shape index (κ2) is 3.23. The van der Waals surface area contributed by atoms with E-state index in [0.29, 0.717) is 14.1 Å². The molecule has 1 atom stereocenters. The summed E-state index contributed by atoms with van der Waals surface area (Å²) in [7, 11) is 0.428. The Kier molecular flexibility index (Phi) is 3.26. The van der Waals surface area contributed by atoms with Crippen LogP contribution in [0.5, 0.6) is 0 Å². The summed E-state index contributed by atoms with van der Waals surface area (Å²) in [5.41, 5.74) is 0.219. The van der Waals surface area contributed by atoms with Crippen LogP contribution in [0.15, 0.2) is 0 Å². The van der Waals surface area contributed by atoms with Crippen molar-refractivity contribution in [1.82, 2.24) is 0 Å². The van der Waals surface area contributed by atoms with E-state index in [2.05, 4.69) is 20.8 Å². The molecule has 0 aromatic heterocycles. The van der Waals surface area contributed by atoms with Crippen molar-refractivity contribution in [2.45, 2.75) is 46.7 Å². The molecule has 1 unspecified atom stereocenters. The number of hydrogen-bond acceptors (Lipinski definition) is 1. The molecule has 0 N–H and O–H groups in total. The van der Waals surface area contributed by atoms with Crippen LogP contribution in [0, 0.1) is 5.41 Å². The highest BCUT2D eigenvalue weighted by Crippen LogP contribution is 2.37. The molecule has 0 aromatic carbocycles. The zero-order chi connectivity index (χ0) is 9.28. The van der Waals surface area contributed by atoms with Crippen molar-refractivity contribution in [2.24, 2.45) is 5.41 Å². The minimum absolute atomic E-state index is 0.157. The third-order valence-electron chi connectivity index (χ3n) is 1.17. The smallest absolute Gasteiger partial charge is 0.157 e. The summed E-state index contributed by atoms with van der Waals surface area (Å²) in [6.45, 7) is 12.3. The Labute approximate surface area is 71.7 Å². The molecule has 2 heteroatoms. The molecule has 0 fully saturated rings. The normalized spacial score (nSPS) is 14.4. The van der Waals surface area contributed by atoms with Crippen LogP contribution in [0.1, 0.15) is 41.5 Å². The average Bonchev–Trinajstić information content (AvgIpc) is 1.56. The summed E-state index contributed by atoms with van der Waals surface area (Å²) in [4.78, 5) is 11.5. The summed E-state index contributed by atoms with van der Waals surface area (Å²) < 4.78 is 0. The standard InChI is InChI=1S/C9H19OP/c1-8(2,3)7(10)11-9(4,5)6/h11H,1-6H3. The van der Waals surface area contributed by atoms with Gasteiger partial charge in [0.15, 0.2) is 5.52 Å². The molecule has 1 nitrogen and oxygen atoms in total. The molecule has 0 amide bonds. The van der Waals surface area contributed by atoms with Crippen LogP contribution in [0.4, 0.5) is 0 Å². The van der Waals surface area contributed by atoms with Crippen molar-refractivity contribution in [1.29, 1.82) is 0 Å². The minimum Gasteiger partial charge on any atom is -0.294 e. The van der Waals surface area contributed by atoms with Crippen LogP contribution in [0.25, 0.3) is 0 Å². The van der Waals surface area contributed by atoms with E-state index < -0.39 is 0 Å². The van der Waals surface area contributed by atoms with E-state index in [0.717, 1.165) is 0 Å². The van der Waals surface area contributed by atoms with E-state index in [-0.39, 0.29) is 10.6 Å². The first-order valence-corrected chi connectivity index (χ1v) is 4.95. The topological polar surface area (TPSA) is 17.1 Å². The molecule has 0 heterocycles. The molecule has 0 bridgehead atoms. The van der Waals surface area contributed by atoms with Gasteiger partial charge in [-0.1, -0.05) is 41.5 Å². The van der Waals surface area contributed by atoms with Gasteiger partial charge in [0.1, 0.15) is 0 Å². The molecule has 0 aliphatic carbocycles. The Hall–Kier alpha value is 0.100. The van der Waals surface area contributed by atoms with Crippen molar-refractivity contribution >= 4 is 14.1 Å². The first-order valence-electron chi connectivity index (χ1n) is 3.95. The lowest BCUT2D eigenvalue weighted by Crippen LogP contribution is -2.20. The lowest BCUT2D eigenvalue weighted by molar-refractivity contribution is -0.117. The van der Waals surface area contributed by atoms with Gasteiger partial charge in [0, 0.05) is 5.41 Å². The lowest BCUT2D eigenvalue weighted by Gasteiger charge is -2.23. The maximum Gasteiger partial charge on any atom is 0.157 e. The van der Waals surface area contributed by atoms with E-state index in [4.69, 9.17) is 0 Å². The van der Waals surface area contributed by atoms with Gasteiger partial charge in [-0.3, -0.25) is 4.79 Å². The van der Waals surface area contributed by atoms with Crippen LogP contribution >= 0.6 is 8.58 Å². The fourth-order valence-corrected chi connectivity index (χ4v) is 1.58. The van der Waals surface area contributed by atoms with Crippen molar-refractivity contribution < 1.29 is 4.79 Å². The Morgan fingerprint density at radius 2 is 1.36 bits per heavy atom. The van der Waals surface area contributed by atoms with Gasteiger partial charge in [0.25, 0.3) is 0 Å². The third kappa shape index (κ3) is 5.38. The SMILES string of the molecule is CC(C)(C)PC(=O)C(C)(C)C. The highest BCUT2D eigenvalue weighted by molar-refractivity contribution is 7.59. The molecule has 0 spiro atoms. The van der Waals surface area contributed by atoms with E-state index in [1.54, 1.807) is 0 Å². The monoisotopic (exact) mass is 174 g/mol. The number of carbonyl (C=O) groups is 1. The minimum atomic E-state index is -0.161. The van der Waals surface area contributed by atoms with E-state index in [1.807, 2.05) is 20.8 Å². The van der Waals surface area contributed by atoms with Gasteiger partial charge in [-0.05, 0) is 13.7 Å². The first-order chi connectivity index (χ1) is 4.63. The second-order valence-corrected chi connectivity index (χ2v) is 7.16. The van der Waals surface area contributed by atoms with Gasteiger partial charge >= 0.3 is 0 Å². The van der Waals surface area contributed by atoms with E-state index in [9.17, 15) is 4.79 Å². The van der Waals surface area contributed by atoms with Gasteiger partial charge in [-0.2, -0.15) is 0 Å². The first kappa shape index (κ1) is 11.1. The maximum absolute atomic E-state index is 11.5. The molecule has 0 aliphatic rings. The predicted octanol–water partition coefficient (Wildman–Crippen LogP) is 3.04. The van der Waals surface area contributed by atoms with Crippen LogP contribution in [-0.2, 0) is 4.79 Å². The number of rotatable bonds is 1. The molecule has 0 saturated heterocycles. The summed E-state index contributed by atoms with van der Waals surface area (Å²) in [5.74, 6) is 0. The van der Waals surface area contributed by atoms with Crippen LogP contribution in [-0.4, -0.2) is 10.7 Å². The van der Waals surface area contributed by atoms with E-state index in [1.165, 1.54) is 0 Å². The molecule has 0 aromatic rings. The lowest BCUT2D eigenvalue weighted by atomic mass is 9.99. The molecule has 0 rings (SSSR count). The summed E-state index contributed by atoms with van der Waals surface area (Å²) in [6.07, 6.45) is 0. The Balaban J connectivity index is 4.11. The summed E-state index contributed by atoms with van der Waals surface area (Å²) in [5, 5.41) is 0.157. The third-order valence-corrected chi connectivity index (χ3v) is 2.90. The second-order valence-electron chi connectivity index (χ2n) is 4.95. The van der Waals surface area contributed by atoms with Crippen LogP contribution < -0.4 is 0 Å². The van der Waals surface area contributed by atoms with Crippen molar-refractivity contribution in [3.05, 3.63) is 0 Å². The number of carbonyl (C=O) groups excluding carboxylic acids is 1. The Bertz CT molecular complexity index is 148. The van der Waals surface area contributed by atoms with E-state index >= 15 is 0 Å². The zero-order valence-corrected chi connectivity index (χ0v) is 9.41. The van der Waals surface area contributed by atoms with Gasteiger partial charge in [0.2, 0.25) is 0 Å². The van der Waals surface area contributed by atoms with Crippen LogP contribution in [0.2, 0.25) is 0 Å². The predicted molar refractivity (Wildman–Crippen MR) is 52.5 cm³/mol. The summed E-state index contributed by atoms with van der Waals surface area (Å²) in [6, 6.07) is 0. The Morgan fingerprint density at radius 3 is 1.45 bits per heavy atom.